The molecule has 0 radical (unpaired) electrons. The predicted octanol–water partition coefficient (Wildman–Crippen LogP) is 3.14. The zero-order valence-corrected chi connectivity index (χ0v) is 8.16. The zero-order valence-electron chi connectivity index (χ0n) is 8.16. The van der Waals surface area contributed by atoms with E-state index in [1.54, 1.807) is 0 Å². The largest absolute Gasteiger partial charge is 0.259 e. The van der Waals surface area contributed by atoms with E-state index in [0.29, 0.717) is 5.92 Å². The Morgan fingerprint density at radius 2 is 2.08 bits per heavy atom. The van der Waals surface area contributed by atoms with Gasteiger partial charge in [0.1, 0.15) is 0 Å². The van der Waals surface area contributed by atoms with Gasteiger partial charge in [-0.3, -0.25) is 10.1 Å². The maximum absolute atomic E-state index is 10.3. The third kappa shape index (κ3) is 3.17. The highest BCUT2D eigenvalue weighted by Crippen LogP contribution is 2.30. The molecule has 1 rings (SSSR count). The van der Waals surface area contributed by atoms with E-state index in [1.807, 2.05) is 6.92 Å². The highest BCUT2D eigenvalue weighted by Gasteiger charge is 2.18. The number of nitro groups is 1. The Bertz CT molecular complexity index is 205. The second-order valence-electron chi connectivity index (χ2n) is 3.68. The Kier molecular flexibility index (Phi) is 3.93. The highest BCUT2D eigenvalue weighted by molar-refractivity contribution is 5.03. The quantitative estimate of drug-likeness (QED) is 0.498. The van der Waals surface area contributed by atoms with Crippen molar-refractivity contribution in [3.63, 3.8) is 0 Å². The van der Waals surface area contributed by atoms with Crippen molar-refractivity contribution in [1.82, 2.24) is 0 Å². The molecule has 0 spiro atoms. The van der Waals surface area contributed by atoms with E-state index in [2.05, 4.69) is 0 Å². The van der Waals surface area contributed by atoms with Crippen LogP contribution in [0.25, 0.3) is 0 Å². The van der Waals surface area contributed by atoms with Gasteiger partial charge in [0.05, 0.1) is 4.92 Å². The lowest BCUT2D eigenvalue weighted by Crippen LogP contribution is -2.10. The van der Waals surface area contributed by atoms with Gasteiger partial charge < -0.3 is 0 Å². The molecule has 0 atom stereocenters. The van der Waals surface area contributed by atoms with E-state index in [9.17, 15) is 10.1 Å². The molecule has 0 aliphatic heterocycles. The molecular weight excluding hydrogens is 166 g/mol. The minimum atomic E-state index is -0.312. The molecule has 0 aromatic carbocycles. The van der Waals surface area contributed by atoms with Gasteiger partial charge in [-0.15, -0.1) is 0 Å². The van der Waals surface area contributed by atoms with Crippen LogP contribution in [0.1, 0.15) is 45.4 Å². The monoisotopic (exact) mass is 183 g/mol. The highest BCUT2D eigenvalue weighted by atomic mass is 16.6. The van der Waals surface area contributed by atoms with E-state index in [-0.39, 0.29) is 4.92 Å². The minimum absolute atomic E-state index is 0.312. The molecule has 0 bridgehead atoms. The van der Waals surface area contributed by atoms with Gasteiger partial charge in [-0.2, -0.15) is 0 Å². The Balaban J connectivity index is 2.58. The van der Waals surface area contributed by atoms with Crippen molar-refractivity contribution < 1.29 is 4.92 Å². The summed E-state index contributed by atoms with van der Waals surface area (Å²) in [6.07, 6.45) is 8.11. The molecule has 0 N–H and O–H groups in total. The van der Waals surface area contributed by atoms with E-state index >= 15 is 0 Å². The standard InChI is InChI=1S/C10H17NO2/c1-2-9(8-11(12)13)10-6-4-3-5-7-10/h8,10H,2-7H2,1H3/b9-8-. The summed E-state index contributed by atoms with van der Waals surface area (Å²) in [4.78, 5) is 10.0. The number of rotatable bonds is 3. The smallest absolute Gasteiger partial charge is 0.233 e. The van der Waals surface area contributed by atoms with Gasteiger partial charge in [0.2, 0.25) is 6.20 Å². The third-order valence-corrected chi connectivity index (χ3v) is 2.81. The fourth-order valence-corrected chi connectivity index (χ4v) is 2.09. The summed E-state index contributed by atoms with van der Waals surface area (Å²) in [6, 6.07) is 0. The van der Waals surface area contributed by atoms with Gasteiger partial charge in [0.25, 0.3) is 0 Å². The van der Waals surface area contributed by atoms with Crippen LogP contribution >= 0.6 is 0 Å². The Morgan fingerprint density at radius 1 is 1.46 bits per heavy atom. The van der Waals surface area contributed by atoms with Crippen LogP contribution in [-0.2, 0) is 0 Å². The lowest BCUT2D eigenvalue weighted by atomic mass is 9.83. The van der Waals surface area contributed by atoms with Gasteiger partial charge in [-0.1, -0.05) is 26.2 Å². The van der Waals surface area contributed by atoms with Crippen LogP contribution in [0.4, 0.5) is 0 Å². The molecule has 1 saturated carbocycles. The average molecular weight is 183 g/mol. The fraction of sp³-hybridized carbons (Fsp3) is 0.800. The summed E-state index contributed by atoms with van der Waals surface area (Å²) in [5.41, 5.74) is 1.03. The van der Waals surface area contributed by atoms with E-state index in [4.69, 9.17) is 0 Å². The normalized spacial score (nSPS) is 20.2. The summed E-state index contributed by atoms with van der Waals surface area (Å²) < 4.78 is 0. The third-order valence-electron chi connectivity index (χ3n) is 2.81. The van der Waals surface area contributed by atoms with Crippen molar-refractivity contribution in [2.24, 2.45) is 5.92 Å². The first kappa shape index (κ1) is 10.2. The summed E-state index contributed by atoms with van der Waals surface area (Å²) in [5.74, 6) is 0.490. The fourth-order valence-electron chi connectivity index (χ4n) is 2.09. The SMILES string of the molecule is CC/C(=C/[N+](=O)[O-])C1CCCCC1. The Labute approximate surface area is 79.0 Å². The van der Waals surface area contributed by atoms with Gasteiger partial charge in [0.15, 0.2) is 0 Å². The Hall–Kier alpha value is -0.860. The molecule has 3 nitrogen and oxygen atoms in total. The van der Waals surface area contributed by atoms with Crippen LogP contribution in [0.15, 0.2) is 11.8 Å². The molecule has 3 heteroatoms. The molecule has 0 amide bonds. The first-order valence-corrected chi connectivity index (χ1v) is 5.08. The van der Waals surface area contributed by atoms with Crippen molar-refractivity contribution in [3.8, 4) is 0 Å². The van der Waals surface area contributed by atoms with Crippen LogP contribution in [0.3, 0.4) is 0 Å². The topological polar surface area (TPSA) is 43.1 Å². The van der Waals surface area contributed by atoms with Crippen LogP contribution in [0.2, 0.25) is 0 Å². The Morgan fingerprint density at radius 3 is 2.54 bits per heavy atom. The second-order valence-corrected chi connectivity index (χ2v) is 3.68. The molecule has 0 heterocycles. The van der Waals surface area contributed by atoms with Crippen LogP contribution in [0, 0.1) is 16.0 Å². The lowest BCUT2D eigenvalue weighted by molar-refractivity contribution is -0.404. The maximum atomic E-state index is 10.3. The number of nitrogens with zero attached hydrogens (tertiary/aromatic N) is 1. The minimum Gasteiger partial charge on any atom is -0.259 e. The molecular formula is C10H17NO2. The molecule has 0 aromatic heterocycles. The molecule has 13 heavy (non-hydrogen) atoms. The van der Waals surface area contributed by atoms with E-state index in [0.717, 1.165) is 24.8 Å². The molecule has 0 aromatic rings. The predicted molar refractivity (Wildman–Crippen MR) is 51.9 cm³/mol. The second kappa shape index (κ2) is 5.00. The van der Waals surface area contributed by atoms with Crippen molar-refractivity contribution in [3.05, 3.63) is 21.9 Å². The first-order valence-electron chi connectivity index (χ1n) is 5.08. The van der Waals surface area contributed by atoms with Crippen LogP contribution < -0.4 is 0 Å². The van der Waals surface area contributed by atoms with E-state index in [1.165, 1.54) is 25.5 Å². The summed E-state index contributed by atoms with van der Waals surface area (Å²) in [6.45, 7) is 2.00. The average Bonchev–Trinajstić information content (AvgIpc) is 2.15. The molecule has 74 valence electrons. The maximum Gasteiger partial charge on any atom is 0.233 e. The number of hydrogen-bond acceptors (Lipinski definition) is 2. The number of hydrogen-bond donors (Lipinski definition) is 0. The van der Waals surface area contributed by atoms with Crippen LogP contribution in [-0.4, -0.2) is 4.92 Å². The van der Waals surface area contributed by atoms with Crippen molar-refractivity contribution in [2.75, 3.05) is 0 Å². The molecule has 1 aliphatic rings. The zero-order chi connectivity index (χ0) is 9.68. The van der Waals surface area contributed by atoms with Crippen molar-refractivity contribution >= 4 is 0 Å². The van der Waals surface area contributed by atoms with Gasteiger partial charge in [-0.05, 0) is 25.2 Å². The molecule has 1 fully saturated rings. The van der Waals surface area contributed by atoms with Gasteiger partial charge in [-0.25, -0.2) is 0 Å². The van der Waals surface area contributed by atoms with E-state index < -0.39 is 0 Å². The number of allylic oxidation sites excluding steroid dienone is 1. The summed E-state index contributed by atoms with van der Waals surface area (Å²) in [5, 5.41) is 10.3. The van der Waals surface area contributed by atoms with Crippen LogP contribution in [0.5, 0.6) is 0 Å². The van der Waals surface area contributed by atoms with Crippen molar-refractivity contribution in [1.29, 1.82) is 0 Å². The van der Waals surface area contributed by atoms with Gasteiger partial charge >= 0.3 is 0 Å². The first-order chi connectivity index (χ1) is 6.24. The summed E-state index contributed by atoms with van der Waals surface area (Å²) >= 11 is 0. The lowest BCUT2D eigenvalue weighted by Gasteiger charge is -2.22. The van der Waals surface area contributed by atoms with Gasteiger partial charge in [0, 0.05) is 5.57 Å². The molecule has 0 unspecified atom stereocenters. The van der Waals surface area contributed by atoms with Crippen molar-refractivity contribution in [2.45, 2.75) is 45.4 Å². The summed E-state index contributed by atoms with van der Waals surface area (Å²) in [7, 11) is 0. The molecule has 0 saturated heterocycles. The molecule has 1 aliphatic carbocycles.